The number of hydrogen-bond acceptors (Lipinski definition) is 4. The molecule has 5 nitrogen and oxygen atoms in total. The molecule has 1 heterocycles. The molecule has 1 fully saturated rings. The number of anilines is 1. The molecule has 0 amide bonds. The maximum absolute atomic E-state index is 11.9. The summed E-state index contributed by atoms with van der Waals surface area (Å²) >= 11 is 6.06. The molecule has 0 unspecified atom stereocenters. The molecule has 0 saturated heterocycles. The van der Waals surface area contributed by atoms with Crippen molar-refractivity contribution in [3.63, 3.8) is 0 Å². The van der Waals surface area contributed by atoms with Crippen LogP contribution in [0.1, 0.15) is 32.6 Å². The Labute approximate surface area is 124 Å². The third-order valence-corrected chi connectivity index (χ3v) is 3.62. The van der Waals surface area contributed by atoms with Gasteiger partial charge in [0.05, 0.1) is 11.9 Å². The van der Waals surface area contributed by atoms with Crippen molar-refractivity contribution in [2.45, 2.75) is 39.2 Å². The molecule has 0 radical (unpaired) electrons. The van der Waals surface area contributed by atoms with Crippen molar-refractivity contribution in [1.82, 2.24) is 9.78 Å². The van der Waals surface area contributed by atoms with Gasteiger partial charge in [-0.15, -0.1) is 0 Å². The van der Waals surface area contributed by atoms with Crippen molar-refractivity contribution in [2.75, 3.05) is 25.1 Å². The first-order valence-electron chi connectivity index (χ1n) is 7.29. The van der Waals surface area contributed by atoms with Crippen molar-refractivity contribution in [1.29, 1.82) is 0 Å². The molecule has 112 valence electrons. The van der Waals surface area contributed by atoms with Gasteiger partial charge in [-0.3, -0.25) is 4.79 Å². The fourth-order valence-electron chi connectivity index (χ4n) is 1.89. The molecule has 1 N–H and O–H groups in total. The lowest BCUT2D eigenvalue weighted by molar-refractivity contribution is 0.124. The SMILES string of the molecule is CCCn1ncc(NCCCOCC2CC2)c(Cl)c1=O. The van der Waals surface area contributed by atoms with Gasteiger partial charge in [0.15, 0.2) is 0 Å². The topological polar surface area (TPSA) is 56.1 Å². The largest absolute Gasteiger partial charge is 0.382 e. The molecule has 2 rings (SSSR count). The molecule has 1 aliphatic carbocycles. The Kier molecular flexibility index (Phi) is 5.86. The smallest absolute Gasteiger partial charge is 0.287 e. The molecular weight excluding hydrogens is 278 g/mol. The number of nitrogens with one attached hydrogen (secondary N) is 1. The van der Waals surface area contributed by atoms with Gasteiger partial charge in [0.2, 0.25) is 0 Å². The number of nitrogens with zero attached hydrogens (tertiary/aromatic N) is 2. The Hall–Kier alpha value is -1.07. The van der Waals surface area contributed by atoms with Crippen LogP contribution in [-0.4, -0.2) is 29.5 Å². The van der Waals surface area contributed by atoms with E-state index in [0.29, 0.717) is 12.2 Å². The van der Waals surface area contributed by atoms with E-state index in [9.17, 15) is 4.79 Å². The maximum Gasteiger partial charge on any atom is 0.287 e. The molecule has 6 heteroatoms. The zero-order chi connectivity index (χ0) is 14.4. The quantitative estimate of drug-likeness (QED) is 0.712. The van der Waals surface area contributed by atoms with E-state index in [2.05, 4.69) is 10.4 Å². The van der Waals surface area contributed by atoms with Crippen LogP contribution in [0, 0.1) is 5.92 Å². The number of halogens is 1. The number of hydrogen-bond donors (Lipinski definition) is 1. The molecule has 1 aromatic heterocycles. The molecule has 0 aliphatic heterocycles. The standard InChI is InChI=1S/C14H22ClN3O2/c1-2-7-18-14(19)13(15)12(9-17-18)16-6-3-8-20-10-11-4-5-11/h9,11,16H,2-8,10H2,1H3. The molecule has 1 aromatic rings. The van der Waals surface area contributed by atoms with E-state index in [1.807, 2.05) is 6.92 Å². The summed E-state index contributed by atoms with van der Waals surface area (Å²) in [5, 5.41) is 7.46. The van der Waals surface area contributed by atoms with Gasteiger partial charge in [0, 0.05) is 26.3 Å². The molecule has 1 saturated carbocycles. The van der Waals surface area contributed by atoms with Crippen LogP contribution in [0.3, 0.4) is 0 Å². The van der Waals surface area contributed by atoms with Crippen LogP contribution in [0.15, 0.2) is 11.0 Å². The predicted octanol–water partition coefficient (Wildman–Crippen LogP) is 2.54. The first-order valence-corrected chi connectivity index (χ1v) is 7.67. The zero-order valence-corrected chi connectivity index (χ0v) is 12.7. The summed E-state index contributed by atoms with van der Waals surface area (Å²) in [5.74, 6) is 0.799. The van der Waals surface area contributed by atoms with E-state index in [-0.39, 0.29) is 10.6 Å². The molecule has 0 spiro atoms. The van der Waals surface area contributed by atoms with Crippen LogP contribution in [0.5, 0.6) is 0 Å². The summed E-state index contributed by atoms with van der Waals surface area (Å²) in [6.45, 7) is 4.93. The summed E-state index contributed by atoms with van der Waals surface area (Å²) in [7, 11) is 0. The minimum atomic E-state index is -0.233. The summed E-state index contributed by atoms with van der Waals surface area (Å²) in [4.78, 5) is 11.9. The second kappa shape index (κ2) is 7.64. The van der Waals surface area contributed by atoms with Gasteiger partial charge in [0.25, 0.3) is 5.56 Å². The van der Waals surface area contributed by atoms with Crippen LogP contribution in [0.25, 0.3) is 0 Å². The average molecular weight is 300 g/mol. The lowest BCUT2D eigenvalue weighted by Crippen LogP contribution is -2.24. The van der Waals surface area contributed by atoms with Crippen LogP contribution in [-0.2, 0) is 11.3 Å². The Morgan fingerprint density at radius 2 is 2.35 bits per heavy atom. The van der Waals surface area contributed by atoms with Gasteiger partial charge in [-0.05, 0) is 31.6 Å². The lowest BCUT2D eigenvalue weighted by atomic mass is 10.4. The fourth-order valence-corrected chi connectivity index (χ4v) is 2.10. The highest BCUT2D eigenvalue weighted by Crippen LogP contribution is 2.28. The van der Waals surface area contributed by atoms with Crippen molar-refractivity contribution in [3.05, 3.63) is 21.6 Å². The van der Waals surface area contributed by atoms with E-state index >= 15 is 0 Å². The highest BCUT2D eigenvalue weighted by molar-refractivity contribution is 6.32. The van der Waals surface area contributed by atoms with E-state index in [1.165, 1.54) is 17.5 Å². The average Bonchev–Trinajstić information content (AvgIpc) is 3.25. The highest BCUT2D eigenvalue weighted by Gasteiger charge is 2.20. The molecular formula is C14H22ClN3O2. The van der Waals surface area contributed by atoms with Crippen molar-refractivity contribution in [2.24, 2.45) is 5.92 Å². The van der Waals surface area contributed by atoms with Gasteiger partial charge in [0.1, 0.15) is 5.02 Å². The first kappa shape index (κ1) is 15.3. The third kappa shape index (κ3) is 4.49. The van der Waals surface area contributed by atoms with Crippen LogP contribution >= 0.6 is 11.6 Å². The van der Waals surface area contributed by atoms with Crippen molar-refractivity contribution >= 4 is 17.3 Å². The number of ether oxygens (including phenoxy) is 1. The second-order valence-electron chi connectivity index (χ2n) is 5.20. The Bertz CT molecular complexity index is 486. The lowest BCUT2D eigenvalue weighted by Gasteiger charge is -2.10. The van der Waals surface area contributed by atoms with E-state index in [4.69, 9.17) is 16.3 Å². The summed E-state index contributed by atoms with van der Waals surface area (Å²) in [5.41, 5.74) is 0.370. The number of aryl methyl sites for hydroxylation is 1. The monoisotopic (exact) mass is 299 g/mol. The highest BCUT2D eigenvalue weighted by atomic mass is 35.5. The minimum Gasteiger partial charge on any atom is -0.382 e. The molecule has 1 aliphatic rings. The van der Waals surface area contributed by atoms with Crippen LogP contribution in [0.2, 0.25) is 5.02 Å². The van der Waals surface area contributed by atoms with Crippen LogP contribution in [0.4, 0.5) is 5.69 Å². The van der Waals surface area contributed by atoms with Gasteiger partial charge in [-0.2, -0.15) is 5.10 Å². The Balaban J connectivity index is 1.74. The van der Waals surface area contributed by atoms with Gasteiger partial charge in [-0.25, -0.2) is 4.68 Å². The zero-order valence-electron chi connectivity index (χ0n) is 11.9. The molecule has 20 heavy (non-hydrogen) atoms. The predicted molar refractivity (Wildman–Crippen MR) is 80.4 cm³/mol. The summed E-state index contributed by atoms with van der Waals surface area (Å²) < 4.78 is 6.94. The van der Waals surface area contributed by atoms with E-state index in [0.717, 1.165) is 38.5 Å². The Morgan fingerprint density at radius 3 is 3.05 bits per heavy atom. The van der Waals surface area contributed by atoms with Crippen LogP contribution < -0.4 is 10.9 Å². The van der Waals surface area contributed by atoms with Gasteiger partial charge >= 0.3 is 0 Å². The normalized spacial score (nSPS) is 14.5. The fraction of sp³-hybridized carbons (Fsp3) is 0.714. The summed E-state index contributed by atoms with van der Waals surface area (Å²) in [6, 6.07) is 0. The van der Waals surface area contributed by atoms with Crippen molar-refractivity contribution in [3.8, 4) is 0 Å². The van der Waals surface area contributed by atoms with E-state index < -0.39 is 0 Å². The van der Waals surface area contributed by atoms with Gasteiger partial charge in [-0.1, -0.05) is 18.5 Å². The molecule has 0 bridgehead atoms. The Morgan fingerprint density at radius 1 is 1.55 bits per heavy atom. The number of rotatable bonds is 9. The third-order valence-electron chi connectivity index (χ3n) is 3.25. The molecule has 0 aromatic carbocycles. The van der Waals surface area contributed by atoms with Gasteiger partial charge < -0.3 is 10.1 Å². The second-order valence-corrected chi connectivity index (χ2v) is 5.58. The first-order chi connectivity index (χ1) is 9.72. The maximum atomic E-state index is 11.9. The molecule has 0 atom stereocenters. The van der Waals surface area contributed by atoms with E-state index in [1.54, 1.807) is 6.20 Å². The number of aromatic nitrogens is 2. The minimum absolute atomic E-state index is 0.215. The summed E-state index contributed by atoms with van der Waals surface area (Å²) in [6.07, 6.45) is 5.99. The van der Waals surface area contributed by atoms with Crippen molar-refractivity contribution < 1.29 is 4.74 Å².